The van der Waals surface area contributed by atoms with Gasteiger partial charge < -0.3 is 10.6 Å². The van der Waals surface area contributed by atoms with E-state index in [1.165, 1.54) is 17.7 Å². The highest BCUT2D eigenvalue weighted by molar-refractivity contribution is 5.39. The van der Waals surface area contributed by atoms with Crippen molar-refractivity contribution in [3.63, 3.8) is 0 Å². The number of halogens is 1. The van der Waals surface area contributed by atoms with E-state index in [1.807, 2.05) is 24.3 Å². The van der Waals surface area contributed by atoms with Crippen molar-refractivity contribution in [3.05, 3.63) is 65.5 Å². The lowest BCUT2D eigenvalue weighted by atomic mass is 10.1. The molecule has 0 aliphatic rings. The molecule has 2 nitrogen and oxygen atoms in total. The summed E-state index contributed by atoms with van der Waals surface area (Å²) >= 11 is 0. The fourth-order valence-electron chi connectivity index (χ4n) is 1.98. The maximum absolute atomic E-state index is 12.8. The molecule has 0 atom stereocenters. The SMILES string of the molecule is CN(CCc1ccc(N)cc1)Cc1ccc(F)cc1. The van der Waals surface area contributed by atoms with Crippen LogP contribution in [0.1, 0.15) is 11.1 Å². The van der Waals surface area contributed by atoms with E-state index in [4.69, 9.17) is 5.73 Å². The first-order valence-corrected chi connectivity index (χ1v) is 6.41. The third-order valence-electron chi connectivity index (χ3n) is 3.13. The van der Waals surface area contributed by atoms with Crippen LogP contribution in [0.4, 0.5) is 10.1 Å². The van der Waals surface area contributed by atoms with Gasteiger partial charge in [0.25, 0.3) is 0 Å². The lowest BCUT2D eigenvalue weighted by molar-refractivity contribution is 0.331. The second-order valence-electron chi connectivity index (χ2n) is 4.86. The zero-order valence-corrected chi connectivity index (χ0v) is 11.1. The van der Waals surface area contributed by atoms with E-state index in [9.17, 15) is 4.39 Å². The zero-order chi connectivity index (χ0) is 13.7. The highest BCUT2D eigenvalue weighted by atomic mass is 19.1. The summed E-state index contributed by atoms with van der Waals surface area (Å²) in [6, 6.07) is 14.6. The van der Waals surface area contributed by atoms with Gasteiger partial charge in [0.05, 0.1) is 0 Å². The Morgan fingerprint density at radius 1 is 0.947 bits per heavy atom. The molecule has 0 aromatic heterocycles. The molecule has 0 heterocycles. The maximum Gasteiger partial charge on any atom is 0.123 e. The average molecular weight is 258 g/mol. The van der Waals surface area contributed by atoms with Crippen molar-refractivity contribution in [2.75, 3.05) is 19.3 Å². The molecule has 0 saturated heterocycles. The standard InChI is InChI=1S/C16H19FN2/c1-19(12-14-2-6-15(17)7-3-14)11-10-13-4-8-16(18)9-5-13/h2-9H,10-12,18H2,1H3. The van der Waals surface area contributed by atoms with Crippen LogP contribution in [-0.4, -0.2) is 18.5 Å². The van der Waals surface area contributed by atoms with Gasteiger partial charge in [-0.05, 0) is 48.9 Å². The molecule has 0 spiro atoms. The molecule has 0 saturated carbocycles. The monoisotopic (exact) mass is 258 g/mol. The van der Waals surface area contributed by atoms with Gasteiger partial charge in [0.1, 0.15) is 5.82 Å². The highest BCUT2D eigenvalue weighted by Crippen LogP contribution is 2.09. The smallest absolute Gasteiger partial charge is 0.123 e. The van der Waals surface area contributed by atoms with Gasteiger partial charge in [-0.3, -0.25) is 0 Å². The molecule has 0 bridgehead atoms. The molecule has 3 heteroatoms. The number of benzene rings is 2. The third-order valence-corrected chi connectivity index (χ3v) is 3.13. The second-order valence-corrected chi connectivity index (χ2v) is 4.86. The van der Waals surface area contributed by atoms with E-state index in [0.29, 0.717) is 0 Å². The van der Waals surface area contributed by atoms with Gasteiger partial charge in [-0.25, -0.2) is 4.39 Å². The molecule has 0 aliphatic heterocycles. The van der Waals surface area contributed by atoms with Crippen molar-refractivity contribution in [1.82, 2.24) is 4.90 Å². The van der Waals surface area contributed by atoms with Crippen LogP contribution >= 0.6 is 0 Å². The van der Waals surface area contributed by atoms with Gasteiger partial charge in [-0.1, -0.05) is 24.3 Å². The van der Waals surface area contributed by atoms with Crippen LogP contribution < -0.4 is 5.73 Å². The Kier molecular flexibility index (Phi) is 4.53. The van der Waals surface area contributed by atoms with Crippen LogP contribution in [0.15, 0.2) is 48.5 Å². The molecule has 2 N–H and O–H groups in total. The highest BCUT2D eigenvalue weighted by Gasteiger charge is 2.01. The number of nitrogen functional groups attached to an aromatic ring is 1. The van der Waals surface area contributed by atoms with Gasteiger partial charge in [0, 0.05) is 18.8 Å². The minimum atomic E-state index is -0.187. The van der Waals surface area contributed by atoms with E-state index in [-0.39, 0.29) is 5.82 Å². The van der Waals surface area contributed by atoms with Crippen LogP contribution in [0.25, 0.3) is 0 Å². The summed E-state index contributed by atoms with van der Waals surface area (Å²) in [5.41, 5.74) is 8.85. The van der Waals surface area contributed by atoms with Crippen molar-refractivity contribution in [3.8, 4) is 0 Å². The molecular weight excluding hydrogens is 239 g/mol. The number of rotatable bonds is 5. The van der Waals surface area contributed by atoms with Crippen molar-refractivity contribution >= 4 is 5.69 Å². The summed E-state index contributed by atoms with van der Waals surface area (Å²) in [5, 5.41) is 0. The summed E-state index contributed by atoms with van der Waals surface area (Å²) in [6.45, 7) is 1.79. The Balaban J connectivity index is 1.82. The predicted molar refractivity (Wildman–Crippen MR) is 77.3 cm³/mol. The van der Waals surface area contributed by atoms with Gasteiger partial charge >= 0.3 is 0 Å². The first-order valence-electron chi connectivity index (χ1n) is 6.41. The van der Waals surface area contributed by atoms with Crippen LogP contribution in [0.2, 0.25) is 0 Å². The number of hydrogen-bond donors (Lipinski definition) is 1. The Morgan fingerprint density at radius 2 is 1.53 bits per heavy atom. The molecular formula is C16H19FN2. The molecule has 2 rings (SSSR count). The van der Waals surface area contributed by atoms with Gasteiger partial charge in [-0.15, -0.1) is 0 Å². The molecule has 0 radical (unpaired) electrons. The van der Waals surface area contributed by atoms with E-state index < -0.39 is 0 Å². The summed E-state index contributed by atoms with van der Waals surface area (Å²) in [4.78, 5) is 2.23. The summed E-state index contributed by atoms with van der Waals surface area (Å²) in [7, 11) is 2.07. The largest absolute Gasteiger partial charge is 0.399 e. The van der Waals surface area contributed by atoms with Crippen LogP contribution in [0.5, 0.6) is 0 Å². The molecule has 0 unspecified atom stereocenters. The lowest BCUT2D eigenvalue weighted by Gasteiger charge is -2.16. The van der Waals surface area contributed by atoms with Crippen molar-refractivity contribution in [2.45, 2.75) is 13.0 Å². The number of hydrogen-bond acceptors (Lipinski definition) is 2. The molecule has 2 aromatic rings. The van der Waals surface area contributed by atoms with Gasteiger partial charge in [0.15, 0.2) is 0 Å². The lowest BCUT2D eigenvalue weighted by Crippen LogP contribution is -2.20. The Labute approximate surface area is 113 Å². The molecule has 2 aromatic carbocycles. The van der Waals surface area contributed by atoms with Gasteiger partial charge in [0.2, 0.25) is 0 Å². The van der Waals surface area contributed by atoms with Crippen molar-refractivity contribution in [2.24, 2.45) is 0 Å². The Hall–Kier alpha value is -1.87. The minimum absolute atomic E-state index is 0.187. The molecule has 100 valence electrons. The van der Waals surface area contributed by atoms with E-state index in [0.717, 1.165) is 30.8 Å². The Bertz CT molecular complexity index is 505. The maximum atomic E-state index is 12.8. The first-order chi connectivity index (χ1) is 9.13. The third kappa shape index (κ3) is 4.38. The summed E-state index contributed by atoms with van der Waals surface area (Å²) in [6.07, 6.45) is 0.984. The molecule has 19 heavy (non-hydrogen) atoms. The number of nitrogens with two attached hydrogens (primary N) is 1. The fraction of sp³-hybridized carbons (Fsp3) is 0.250. The normalized spacial score (nSPS) is 10.9. The van der Waals surface area contributed by atoms with Crippen molar-refractivity contribution in [1.29, 1.82) is 0 Å². The fourth-order valence-corrected chi connectivity index (χ4v) is 1.98. The second kappa shape index (κ2) is 6.34. The molecule has 0 fully saturated rings. The first kappa shape index (κ1) is 13.6. The molecule has 0 amide bonds. The van der Waals surface area contributed by atoms with E-state index >= 15 is 0 Å². The quantitative estimate of drug-likeness (QED) is 0.835. The number of anilines is 1. The van der Waals surface area contributed by atoms with E-state index in [2.05, 4.69) is 24.1 Å². The summed E-state index contributed by atoms with van der Waals surface area (Å²) in [5.74, 6) is -0.187. The Morgan fingerprint density at radius 3 is 2.16 bits per heavy atom. The van der Waals surface area contributed by atoms with Gasteiger partial charge in [-0.2, -0.15) is 0 Å². The van der Waals surface area contributed by atoms with Crippen LogP contribution in [0, 0.1) is 5.82 Å². The van der Waals surface area contributed by atoms with Crippen molar-refractivity contribution < 1.29 is 4.39 Å². The van der Waals surface area contributed by atoms with E-state index in [1.54, 1.807) is 0 Å². The summed E-state index contributed by atoms with van der Waals surface area (Å²) < 4.78 is 12.8. The van der Waals surface area contributed by atoms with Crippen LogP contribution in [-0.2, 0) is 13.0 Å². The predicted octanol–water partition coefficient (Wildman–Crippen LogP) is 3.08. The minimum Gasteiger partial charge on any atom is -0.399 e. The van der Waals surface area contributed by atoms with Crippen LogP contribution in [0.3, 0.4) is 0 Å². The number of nitrogens with zero attached hydrogens (tertiary/aromatic N) is 1. The molecule has 0 aliphatic carbocycles. The zero-order valence-electron chi connectivity index (χ0n) is 11.1. The average Bonchev–Trinajstić information content (AvgIpc) is 2.41. The topological polar surface area (TPSA) is 29.3 Å². The number of likely N-dealkylation sites (N-methyl/N-ethyl adjacent to an activating group) is 1.